The molecule has 0 aromatic carbocycles. The lowest BCUT2D eigenvalue weighted by Crippen LogP contribution is -2.20. The third-order valence-electron chi connectivity index (χ3n) is 3.26. The Labute approximate surface area is 97.8 Å². The van der Waals surface area contributed by atoms with Gasteiger partial charge in [-0.3, -0.25) is 9.20 Å². The van der Waals surface area contributed by atoms with E-state index in [2.05, 4.69) is 10.2 Å². The van der Waals surface area contributed by atoms with Gasteiger partial charge in [-0.1, -0.05) is 0 Å². The minimum absolute atomic E-state index is 0.113. The monoisotopic (exact) mass is 234 g/mol. The molecular formula is C11H14N4O2. The fourth-order valence-electron chi connectivity index (χ4n) is 2.22. The molecule has 0 radical (unpaired) electrons. The van der Waals surface area contributed by atoms with E-state index in [0.717, 1.165) is 31.9 Å². The van der Waals surface area contributed by atoms with Gasteiger partial charge in [0.15, 0.2) is 0 Å². The summed E-state index contributed by atoms with van der Waals surface area (Å²) >= 11 is 0. The molecule has 2 aromatic heterocycles. The fraction of sp³-hybridized carbons (Fsp3) is 0.545. The van der Waals surface area contributed by atoms with Crippen LogP contribution in [0, 0.1) is 0 Å². The van der Waals surface area contributed by atoms with Gasteiger partial charge in [-0.25, -0.2) is 0 Å². The number of hydrogen-bond donors (Lipinski definition) is 0. The molecule has 0 aliphatic carbocycles. The summed E-state index contributed by atoms with van der Waals surface area (Å²) in [5.74, 6) is 1.21. The Bertz CT molecular complexity index is 595. The van der Waals surface area contributed by atoms with Crippen molar-refractivity contribution in [1.29, 1.82) is 0 Å². The number of aromatic nitrogens is 4. The third-order valence-corrected chi connectivity index (χ3v) is 3.26. The predicted molar refractivity (Wildman–Crippen MR) is 61.0 cm³/mol. The number of ether oxygens (including phenoxy) is 1. The third kappa shape index (κ3) is 1.64. The summed E-state index contributed by atoms with van der Waals surface area (Å²) in [6, 6.07) is 0. The minimum atomic E-state index is -0.113. The molecule has 1 aliphatic rings. The van der Waals surface area contributed by atoms with Crippen LogP contribution in [0.3, 0.4) is 0 Å². The van der Waals surface area contributed by atoms with Gasteiger partial charge in [0.05, 0.1) is 0 Å². The van der Waals surface area contributed by atoms with Crippen molar-refractivity contribution in [3.05, 3.63) is 28.6 Å². The molecule has 0 unspecified atom stereocenters. The predicted octanol–water partition coefficient (Wildman–Crippen LogP) is 0.322. The molecule has 6 heteroatoms. The second-order valence-corrected chi connectivity index (χ2v) is 4.35. The summed E-state index contributed by atoms with van der Waals surface area (Å²) in [6.45, 7) is 1.51. The number of fused-ring (bicyclic) bond motifs is 1. The molecule has 1 fully saturated rings. The second-order valence-electron chi connectivity index (χ2n) is 4.35. The van der Waals surface area contributed by atoms with E-state index < -0.39 is 0 Å². The Morgan fingerprint density at radius 2 is 2.06 bits per heavy atom. The minimum Gasteiger partial charge on any atom is -0.381 e. The lowest BCUT2D eigenvalue weighted by atomic mass is 10.00. The number of hydrogen-bond acceptors (Lipinski definition) is 4. The molecule has 0 bridgehead atoms. The van der Waals surface area contributed by atoms with Crippen molar-refractivity contribution in [3.8, 4) is 0 Å². The molecule has 6 nitrogen and oxygen atoms in total. The van der Waals surface area contributed by atoms with E-state index >= 15 is 0 Å². The van der Waals surface area contributed by atoms with Crippen molar-refractivity contribution in [2.24, 2.45) is 7.05 Å². The van der Waals surface area contributed by atoms with Crippen LogP contribution < -0.4 is 5.56 Å². The summed E-state index contributed by atoms with van der Waals surface area (Å²) in [5.41, 5.74) is 0.287. The summed E-state index contributed by atoms with van der Waals surface area (Å²) in [7, 11) is 1.71. The first-order chi connectivity index (χ1) is 8.27. The van der Waals surface area contributed by atoms with Gasteiger partial charge in [0.1, 0.15) is 5.82 Å². The molecule has 3 heterocycles. The van der Waals surface area contributed by atoms with Crippen molar-refractivity contribution in [2.75, 3.05) is 13.2 Å². The van der Waals surface area contributed by atoms with Crippen molar-refractivity contribution in [1.82, 2.24) is 19.2 Å². The van der Waals surface area contributed by atoms with E-state index in [-0.39, 0.29) is 5.56 Å². The van der Waals surface area contributed by atoms with E-state index in [1.807, 2.05) is 6.20 Å². The van der Waals surface area contributed by atoms with Crippen LogP contribution in [0.1, 0.15) is 24.6 Å². The van der Waals surface area contributed by atoms with E-state index in [1.165, 1.54) is 4.57 Å². The van der Waals surface area contributed by atoms with Crippen LogP contribution >= 0.6 is 0 Å². The van der Waals surface area contributed by atoms with Crippen molar-refractivity contribution in [2.45, 2.75) is 18.8 Å². The van der Waals surface area contributed by atoms with Gasteiger partial charge in [-0.2, -0.15) is 0 Å². The van der Waals surface area contributed by atoms with Crippen LogP contribution in [0.5, 0.6) is 0 Å². The summed E-state index contributed by atoms with van der Waals surface area (Å²) < 4.78 is 8.64. The van der Waals surface area contributed by atoms with Crippen LogP contribution in [-0.2, 0) is 11.8 Å². The molecule has 1 aliphatic heterocycles. The topological polar surface area (TPSA) is 61.4 Å². The maximum atomic E-state index is 11.8. The van der Waals surface area contributed by atoms with Crippen molar-refractivity contribution >= 4 is 5.65 Å². The first-order valence-electron chi connectivity index (χ1n) is 5.75. The Kier molecular flexibility index (Phi) is 2.44. The van der Waals surface area contributed by atoms with Gasteiger partial charge in [0, 0.05) is 38.6 Å². The molecule has 2 aromatic rings. The highest BCUT2D eigenvalue weighted by molar-refractivity contribution is 5.35. The summed E-state index contributed by atoms with van der Waals surface area (Å²) in [5, 5.41) is 8.16. The van der Waals surface area contributed by atoms with Crippen LogP contribution in [0.4, 0.5) is 0 Å². The molecule has 17 heavy (non-hydrogen) atoms. The van der Waals surface area contributed by atoms with Gasteiger partial charge >= 0.3 is 0 Å². The van der Waals surface area contributed by atoms with E-state index in [1.54, 1.807) is 17.6 Å². The van der Waals surface area contributed by atoms with Gasteiger partial charge < -0.3 is 9.30 Å². The van der Waals surface area contributed by atoms with E-state index in [0.29, 0.717) is 11.6 Å². The summed E-state index contributed by atoms with van der Waals surface area (Å²) in [6.07, 6.45) is 5.47. The molecule has 3 rings (SSSR count). The van der Waals surface area contributed by atoms with Gasteiger partial charge in [-0.15, -0.1) is 10.2 Å². The molecule has 0 amide bonds. The highest BCUT2D eigenvalue weighted by atomic mass is 16.5. The molecule has 1 saturated heterocycles. The van der Waals surface area contributed by atoms with Crippen LogP contribution in [0.25, 0.3) is 5.65 Å². The number of rotatable bonds is 1. The van der Waals surface area contributed by atoms with Gasteiger partial charge in [0.25, 0.3) is 5.56 Å². The second kappa shape index (κ2) is 3.96. The maximum absolute atomic E-state index is 11.8. The first-order valence-corrected chi connectivity index (χ1v) is 5.75. The normalized spacial score (nSPS) is 17.7. The molecule has 0 atom stereocenters. The lowest BCUT2D eigenvalue weighted by Gasteiger charge is -2.20. The molecule has 0 saturated carbocycles. The standard InChI is InChI=1S/C11H14N4O2/c1-14-4-5-15-9(8-2-6-17-7-3-8)12-13-10(15)11(14)16/h4-5,8H,2-3,6-7H2,1H3. The molecular weight excluding hydrogens is 220 g/mol. The quantitative estimate of drug-likeness (QED) is 0.713. The SMILES string of the molecule is Cn1ccn2c(C3CCOCC3)nnc2c1=O. The maximum Gasteiger partial charge on any atom is 0.295 e. The summed E-state index contributed by atoms with van der Waals surface area (Å²) in [4.78, 5) is 11.8. The van der Waals surface area contributed by atoms with Gasteiger partial charge in [0.2, 0.25) is 5.65 Å². The van der Waals surface area contributed by atoms with E-state index in [9.17, 15) is 4.79 Å². The molecule has 0 N–H and O–H groups in total. The highest BCUT2D eigenvalue weighted by Crippen LogP contribution is 2.24. The molecule has 0 spiro atoms. The largest absolute Gasteiger partial charge is 0.381 e. The Morgan fingerprint density at radius 1 is 1.29 bits per heavy atom. The van der Waals surface area contributed by atoms with Crippen LogP contribution in [0.15, 0.2) is 17.2 Å². The zero-order valence-corrected chi connectivity index (χ0v) is 9.67. The van der Waals surface area contributed by atoms with Crippen LogP contribution in [-0.4, -0.2) is 32.4 Å². The van der Waals surface area contributed by atoms with E-state index in [4.69, 9.17) is 4.74 Å². The zero-order chi connectivity index (χ0) is 11.8. The average molecular weight is 234 g/mol. The highest BCUT2D eigenvalue weighted by Gasteiger charge is 2.21. The average Bonchev–Trinajstić information content (AvgIpc) is 2.79. The van der Waals surface area contributed by atoms with Gasteiger partial charge in [-0.05, 0) is 12.8 Å². The van der Waals surface area contributed by atoms with Crippen molar-refractivity contribution in [3.63, 3.8) is 0 Å². The van der Waals surface area contributed by atoms with Crippen molar-refractivity contribution < 1.29 is 4.74 Å². The smallest absolute Gasteiger partial charge is 0.295 e. The Morgan fingerprint density at radius 3 is 2.82 bits per heavy atom. The lowest BCUT2D eigenvalue weighted by molar-refractivity contribution is 0.0834. The Hall–Kier alpha value is -1.69. The Balaban J connectivity index is 2.12. The molecule has 90 valence electrons. The fourth-order valence-corrected chi connectivity index (χ4v) is 2.22. The zero-order valence-electron chi connectivity index (χ0n) is 9.67. The number of aryl methyl sites for hydroxylation is 1. The first kappa shape index (κ1) is 10.5. The van der Waals surface area contributed by atoms with Crippen LogP contribution in [0.2, 0.25) is 0 Å². The number of nitrogens with zero attached hydrogens (tertiary/aromatic N) is 4.